The van der Waals surface area contributed by atoms with Gasteiger partial charge in [-0.15, -0.1) is 0 Å². The highest BCUT2D eigenvalue weighted by Gasteiger charge is 2.28. The minimum absolute atomic E-state index is 0.724. The Morgan fingerprint density at radius 2 is 2.08 bits per heavy atom. The topological polar surface area (TPSA) is 29.5 Å². The lowest BCUT2D eigenvalue weighted by atomic mass is 10.0. The summed E-state index contributed by atoms with van der Waals surface area (Å²) < 4.78 is 4.67. The van der Waals surface area contributed by atoms with Crippen LogP contribution in [0.2, 0.25) is 0 Å². The number of rotatable bonds is 1. The van der Waals surface area contributed by atoms with Crippen LogP contribution in [0.1, 0.15) is 25.7 Å². The van der Waals surface area contributed by atoms with Gasteiger partial charge in [0.1, 0.15) is 5.60 Å². The molecule has 2 heteroatoms. The van der Waals surface area contributed by atoms with Crippen LogP contribution in [0.3, 0.4) is 0 Å². The molecule has 1 aliphatic carbocycles. The van der Waals surface area contributed by atoms with Crippen LogP contribution in [0, 0.1) is 11.8 Å². The molecule has 0 unspecified atom stereocenters. The monoisotopic (exact) mass is 166 g/mol. The number of methoxy groups -OCH3 is 1. The van der Waals surface area contributed by atoms with Crippen molar-refractivity contribution in [1.82, 2.24) is 0 Å². The normalized spacial score (nSPS) is 20.5. The highest BCUT2D eigenvalue weighted by Crippen LogP contribution is 2.28. The smallest absolute Gasteiger partial charge is 0.125 e. The molecule has 66 valence electrons. The van der Waals surface area contributed by atoms with Crippen molar-refractivity contribution in [1.29, 1.82) is 0 Å². The Labute approximate surface area is 73.2 Å². The van der Waals surface area contributed by atoms with Crippen LogP contribution in [-0.4, -0.2) is 17.8 Å². The molecule has 0 radical (unpaired) electrons. The summed E-state index contributed by atoms with van der Waals surface area (Å²) in [4.78, 5) is 0. The first-order chi connectivity index (χ1) is 5.77. The molecule has 0 aromatic carbocycles. The van der Waals surface area contributed by atoms with E-state index in [9.17, 15) is 5.11 Å². The minimum Gasteiger partial charge on any atom is -0.504 e. The number of hydrogen-bond acceptors (Lipinski definition) is 2. The zero-order valence-corrected chi connectivity index (χ0v) is 7.34. The number of aliphatic hydroxyl groups is 1. The summed E-state index contributed by atoms with van der Waals surface area (Å²) in [6.45, 7) is 0. The highest BCUT2D eigenvalue weighted by atomic mass is 16.5. The first-order valence-electron chi connectivity index (χ1n) is 4.20. The molecule has 1 aliphatic rings. The Bertz CT molecular complexity index is 214. The first kappa shape index (κ1) is 9.15. The second kappa shape index (κ2) is 4.18. The summed E-state index contributed by atoms with van der Waals surface area (Å²) >= 11 is 0. The van der Waals surface area contributed by atoms with Gasteiger partial charge < -0.3 is 9.84 Å². The van der Waals surface area contributed by atoms with E-state index in [1.165, 1.54) is 6.26 Å². The molecular formula is C10H14O2. The highest BCUT2D eigenvalue weighted by molar-refractivity contribution is 5.22. The van der Waals surface area contributed by atoms with Gasteiger partial charge in [-0.25, -0.2) is 0 Å². The molecule has 1 fully saturated rings. The Kier molecular flexibility index (Phi) is 3.19. The predicted octanol–water partition coefficient (Wildman–Crippen LogP) is 1.46. The van der Waals surface area contributed by atoms with Gasteiger partial charge >= 0.3 is 0 Å². The van der Waals surface area contributed by atoms with Gasteiger partial charge in [-0.1, -0.05) is 11.8 Å². The molecule has 1 saturated carbocycles. The molecule has 0 atom stereocenters. The lowest BCUT2D eigenvalue weighted by Gasteiger charge is -2.12. The molecule has 1 N–H and O–H groups in total. The van der Waals surface area contributed by atoms with Gasteiger partial charge in [0.25, 0.3) is 0 Å². The average molecular weight is 166 g/mol. The van der Waals surface area contributed by atoms with Gasteiger partial charge in [-0.2, -0.15) is 0 Å². The van der Waals surface area contributed by atoms with Gasteiger partial charge in [-0.05, 0) is 25.7 Å². The summed E-state index contributed by atoms with van der Waals surface area (Å²) in [5.41, 5.74) is -0.724. The minimum atomic E-state index is -0.724. The second-order valence-electron chi connectivity index (χ2n) is 3.05. The number of ether oxygens (including phenoxy) is 1. The van der Waals surface area contributed by atoms with Crippen LogP contribution < -0.4 is 0 Å². The van der Waals surface area contributed by atoms with Crippen molar-refractivity contribution in [3.05, 3.63) is 12.3 Å². The van der Waals surface area contributed by atoms with Crippen LogP contribution in [0.25, 0.3) is 0 Å². The summed E-state index contributed by atoms with van der Waals surface area (Å²) in [5.74, 6) is 5.59. The Balaban J connectivity index is 2.45. The van der Waals surface area contributed by atoms with Crippen molar-refractivity contribution in [2.75, 3.05) is 7.11 Å². The van der Waals surface area contributed by atoms with Gasteiger partial charge in [0, 0.05) is 6.08 Å². The third-order valence-corrected chi connectivity index (χ3v) is 2.02. The van der Waals surface area contributed by atoms with Crippen LogP contribution in [0.15, 0.2) is 12.3 Å². The molecule has 0 bridgehead atoms. The fourth-order valence-corrected chi connectivity index (χ4v) is 1.36. The van der Waals surface area contributed by atoms with Gasteiger partial charge in [0.15, 0.2) is 0 Å². The summed E-state index contributed by atoms with van der Waals surface area (Å²) in [6, 6.07) is 0. The lowest BCUT2D eigenvalue weighted by molar-refractivity contribution is 0.110. The van der Waals surface area contributed by atoms with Crippen LogP contribution in [0.5, 0.6) is 0 Å². The molecule has 0 saturated heterocycles. The molecule has 2 nitrogen and oxygen atoms in total. The number of hydrogen-bond donors (Lipinski definition) is 1. The first-order valence-corrected chi connectivity index (χ1v) is 4.20. The largest absolute Gasteiger partial charge is 0.504 e. The summed E-state index contributed by atoms with van der Waals surface area (Å²) in [6.07, 6.45) is 6.89. The molecule has 0 spiro atoms. The van der Waals surface area contributed by atoms with Gasteiger partial charge in [0.2, 0.25) is 0 Å². The van der Waals surface area contributed by atoms with Crippen LogP contribution >= 0.6 is 0 Å². The maximum Gasteiger partial charge on any atom is 0.125 e. The fraction of sp³-hybridized carbons (Fsp3) is 0.600. The molecule has 0 heterocycles. The van der Waals surface area contributed by atoms with Crippen molar-refractivity contribution < 1.29 is 9.84 Å². The van der Waals surface area contributed by atoms with E-state index in [4.69, 9.17) is 0 Å². The van der Waals surface area contributed by atoms with E-state index in [1.54, 1.807) is 13.2 Å². The zero-order chi connectivity index (χ0) is 8.86. The molecule has 0 amide bonds. The van der Waals surface area contributed by atoms with Gasteiger partial charge in [0.05, 0.1) is 13.4 Å². The molecule has 0 aromatic rings. The Morgan fingerprint density at radius 1 is 1.42 bits per heavy atom. The Morgan fingerprint density at radius 3 is 2.67 bits per heavy atom. The quantitative estimate of drug-likeness (QED) is 0.472. The van der Waals surface area contributed by atoms with Crippen molar-refractivity contribution in [3.8, 4) is 11.8 Å². The summed E-state index contributed by atoms with van der Waals surface area (Å²) in [7, 11) is 1.57. The number of allylic oxidation sites excluding steroid dienone is 1. The molecule has 0 aromatic heterocycles. The zero-order valence-electron chi connectivity index (χ0n) is 7.34. The maximum atomic E-state index is 9.74. The Hall–Kier alpha value is -0.940. The standard InChI is InChI=1S/C10H14O2/c1-12-9-5-4-8-10(11)6-2-3-7-10/h5,9,11H,2-3,6-7H2,1H3. The van der Waals surface area contributed by atoms with E-state index in [0.717, 1.165) is 25.7 Å². The molecule has 1 rings (SSSR count). The lowest BCUT2D eigenvalue weighted by Crippen LogP contribution is -2.20. The average Bonchev–Trinajstić information content (AvgIpc) is 2.47. The van der Waals surface area contributed by atoms with Crippen molar-refractivity contribution >= 4 is 0 Å². The van der Waals surface area contributed by atoms with E-state index in [2.05, 4.69) is 16.6 Å². The van der Waals surface area contributed by atoms with Crippen molar-refractivity contribution in [2.45, 2.75) is 31.3 Å². The van der Waals surface area contributed by atoms with E-state index >= 15 is 0 Å². The predicted molar refractivity (Wildman–Crippen MR) is 47.3 cm³/mol. The van der Waals surface area contributed by atoms with E-state index < -0.39 is 5.60 Å². The van der Waals surface area contributed by atoms with E-state index in [-0.39, 0.29) is 0 Å². The molecular weight excluding hydrogens is 152 g/mol. The van der Waals surface area contributed by atoms with E-state index in [1.807, 2.05) is 0 Å². The molecule has 0 aliphatic heterocycles. The fourth-order valence-electron chi connectivity index (χ4n) is 1.36. The van der Waals surface area contributed by atoms with E-state index in [0.29, 0.717) is 0 Å². The van der Waals surface area contributed by atoms with Crippen molar-refractivity contribution in [2.24, 2.45) is 0 Å². The second-order valence-corrected chi connectivity index (χ2v) is 3.05. The SMILES string of the molecule is COC=CC#CC1(O)CCCC1. The third kappa shape index (κ3) is 2.60. The van der Waals surface area contributed by atoms with Crippen LogP contribution in [0.4, 0.5) is 0 Å². The summed E-state index contributed by atoms with van der Waals surface area (Å²) in [5, 5.41) is 9.74. The van der Waals surface area contributed by atoms with Gasteiger partial charge in [-0.3, -0.25) is 0 Å². The van der Waals surface area contributed by atoms with Crippen molar-refractivity contribution in [3.63, 3.8) is 0 Å². The third-order valence-electron chi connectivity index (χ3n) is 2.02. The maximum absolute atomic E-state index is 9.74. The van der Waals surface area contributed by atoms with Crippen LogP contribution in [-0.2, 0) is 4.74 Å². The molecule has 12 heavy (non-hydrogen) atoms.